The minimum atomic E-state index is 0.305. The number of H-pyrrole nitrogens is 1. The number of carbonyl (C=O) groups is 1. The monoisotopic (exact) mass is 270 g/mol. The van der Waals surface area contributed by atoms with Gasteiger partial charge in [0.25, 0.3) is 0 Å². The molecule has 2 aromatic rings. The molecule has 20 heavy (non-hydrogen) atoms. The highest BCUT2D eigenvalue weighted by Gasteiger charge is 2.34. The van der Waals surface area contributed by atoms with Crippen molar-refractivity contribution in [3.8, 4) is 0 Å². The van der Waals surface area contributed by atoms with Gasteiger partial charge in [-0.3, -0.25) is 9.78 Å². The van der Waals surface area contributed by atoms with Crippen molar-refractivity contribution in [2.45, 2.75) is 31.6 Å². The molecule has 1 saturated heterocycles. The average Bonchev–Trinajstić information content (AvgIpc) is 3.03. The molecule has 0 spiro atoms. The summed E-state index contributed by atoms with van der Waals surface area (Å²) in [7, 11) is 0. The lowest BCUT2D eigenvalue weighted by Crippen LogP contribution is -2.37. The number of likely N-dealkylation sites (tertiary alicyclic amines) is 1. The third-order valence-corrected chi connectivity index (χ3v) is 4.68. The number of nitrogens with one attached hydrogen (secondary N) is 1. The van der Waals surface area contributed by atoms with Crippen molar-refractivity contribution in [2.75, 3.05) is 13.1 Å². The van der Waals surface area contributed by atoms with Crippen LogP contribution in [0.2, 0.25) is 0 Å². The predicted molar refractivity (Wildman–Crippen MR) is 75.2 cm³/mol. The minimum Gasteiger partial charge on any atom is -0.342 e. The van der Waals surface area contributed by atoms with Crippen LogP contribution in [0.15, 0.2) is 18.5 Å². The van der Waals surface area contributed by atoms with Gasteiger partial charge in [-0.05, 0) is 25.3 Å². The summed E-state index contributed by atoms with van der Waals surface area (Å²) in [4.78, 5) is 26.2. The molecule has 0 aromatic carbocycles. The summed E-state index contributed by atoms with van der Waals surface area (Å²) in [5, 5.41) is 0. The van der Waals surface area contributed by atoms with E-state index in [-0.39, 0.29) is 0 Å². The third kappa shape index (κ3) is 1.88. The van der Waals surface area contributed by atoms with Crippen molar-refractivity contribution >= 4 is 17.1 Å². The Morgan fingerprint density at radius 2 is 2.10 bits per heavy atom. The zero-order valence-corrected chi connectivity index (χ0v) is 11.4. The summed E-state index contributed by atoms with van der Waals surface area (Å²) in [6.07, 6.45) is 7.82. The number of fused-ring (bicyclic) bond motifs is 1. The molecule has 2 aliphatic rings. The van der Waals surface area contributed by atoms with Crippen molar-refractivity contribution in [1.29, 1.82) is 0 Å². The number of nitrogens with zero attached hydrogens (tertiary/aromatic N) is 3. The molecule has 1 aliphatic carbocycles. The maximum absolute atomic E-state index is 12.3. The van der Waals surface area contributed by atoms with Crippen LogP contribution in [0.1, 0.15) is 37.3 Å². The molecule has 1 atom stereocenters. The highest BCUT2D eigenvalue weighted by Crippen LogP contribution is 2.33. The van der Waals surface area contributed by atoms with Crippen LogP contribution in [0.25, 0.3) is 11.2 Å². The van der Waals surface area contributed by atoms with Gasteiger partial charge in [0, 0.05) is 43.0 Å². The van der Waals surface area contributed by atoms with Gasteiger partial charge in [0.2, 0.25) is 5.91 Å². The summed E-state index contributed by atoms with van der Waals surface area (Å²) in [6.45, 7) is 1.72. The Morgan fingerprint density at radius 3 is 2.85 bits per heavy atom. The number of rotatable bonds is 2. The summed E-state index contributed by atoms with van der Waals surface area (Å²) >= 11 is 0. The molecule has 1 unspecified atom stereocenters. The fourth-order valence-electron chi connectivity index (χ4n) is 3.22. The van der Waals surface area contributed by atoms with E-state index in [0.717, 1.165) is 49.2 Å². The lowest BCUT2D eigenvalue weighted by molar-refractivity contribution is -0.137. The van der Waals surface area contributed by atoms with Gasteiger partial charge in [-0.1, -0.05) is 6.42 Å². The maximum atomic E-state index is 12.3. The van der Waals surface area contributed by atoms with Gasteiger partial charge in [-0.2, -0.15) is 0 Å². The van der Waals surface area contributed by atoms with Gasteiger partial charge >= 0.3 is 0 Å². The first kappa shape index (κ1) is 11.9. The van der Waals surface area contributed by atoms with E-state index in [9.17, 15) is 4.79 Å². The number of hydrogen-bond acceptors (Lipinski definition) is 3. The van der Waals surface area contributed by atoms with E-state index in [1.54, 1.807) is 12.4 Å². The highest BCUT2D eigenvalue weighted by molar-refractivity contribution is 5.80. The fourth-order valence-corrected chi connectivity index (χ4v) is 3.22. The smallest absolute Gasteiger partial charge is 0.225 e. The number of hydrogen-bond donors (Lipinski definition) is 1. The van der Waals surface area contributed by atoms with Gasteiger partial charge in [-0.15, -0.1) is 0 Å². The van der Waals surface area contributed by atoms with Crippen LogP contribution in [-0.4, -0.2) is 38.8 Å². The summed E-state index contributed by atoms with van der Waals surface area (Å²) in [5.74, 6) is 1.07. The summed E-state index contributed by atoms with van der Waals surface area (Å²) in [6, 6.07) is 2.07. The van der Waals surface area contributed by atoms with Crippen LogP contribution in [-0.2, 0) is 4.79 Å². The SMILES string of the molecule is O=C(C1CCC1)N1CCC(c2cc3nccnc3[nH]2)C1. The van der Waals surface area contributed by atoms with E-state index in [4.69, 9.17) is 0 Å². The normalized spacial score (nSPS) is 23.2. The predicted octanol–water partition coefficient (Wildman–Crippen LogP) is 2.07. The van der Waals surface area contributed by atoms with Crippen LogP contribution in [0.5, 0.6) is 0 Å². The van der Waals surface area contributed by atoms with Crippen LogP contribution < -0.4 is 0 Å². The van der Waals surface area contributed by atoms with Gasteiger partial charge in [0.1, 0.15) is 5.52 Å². The highest BCUT2D eigenvalue weighted by atomic mass is 16.2. The first-order valence-corrected chi connectivity index (χ1v) is 7.39. The molecule has 1 amide bonds. The Morgan fingerprint density at radius 1 is 1.25 bits per heavy atom. The zero-order chi connectivity index (χ0) is 13.5. The molecule has 1 N–H and O–H groups in total. The second kappa shape index (κ2) is 4.58. The zero-order valence-electron chi connectivity index (χ0n) is 11.4. The van der Waals surface area contributed by atoms with Crippen molar-refractivity contribution in [3.63, 3.8) is 0 Å². The van der Waals surface area contributed by atoms with E-state index in [1.807, 2.05) is 4.90 Å². The Balaban J connectivity index is 1.51. The molecule has 1 aliphatic heterocycles. The molecule has 5 heteroatoms. The Kier molecular flexibility index (Phi) is 2.72. The number of amides is 1. The maximum Gasteiger partial charge on any atom is 0.225 e. The quantitative estimate of drug-likeness (QED) is 0.908. The van der Waals surface area contributed by atoms with Crippen LogP contribution >= 0.6 is 0 Å². The van der Waals surface area contributed by atoms with E-state index < -0.39 is 0 Å². The molecular weight excluding hydrogens is 252 g/mol. The van der Waals surface area contributed by atoms with Crippen molar-refractivity contribution in [1.82, 2.24) is 19.9 Å². The first-order valence-electron chi connectivity index (χ1n) is 7.39. The van der Waals surface area contributed by atoms with Crippen molar-refractivity contribution < 1.29 is 4.79 Å². The van der Waals surface area contributed by atoms with E-state index in [0.29, 0.717) is 17.7 Å². The molecule has 104 valence electrons. The molecule has 0 bridgehead atoms. The first-order chi connectivity index (χ1) is 9.81. The van der Waals surface area contributed by atoms with E-state index in [1.165, 1.54) is 6.42 Å². The lowest BCUT2D eigenvalue weighted by atomic mass is 9.84. The van der Waals surface area contributed by atoms with Crippen LogP contribution in [0.3, 0.4) is 0 Å². The number of aromatic nitrogens is 3. The standard InChI is InChI=1S/C15H18N4O/c20-15(10-2-1-3-10)19-7-4-11(9-19)12-8-13-14(18-12)17-6-5-16-13/h5-6,8,10-11H,1-4,7,9H2,(H,17,18). The van der Waals surface area contributed by atoms with E-state index in [2.05, 4.69) is 21.0 Å². The Bertz CT molecular complexity index is 613. The van der Waals surface area contributed by atoms with Crippen LogP contribution in [0.4, 0.5) is 0 Å². The largest absolute Gasteiger partial charge is 0.342 e. The second-order valence-electron chi connectivity index (χ2n) is 5.91. The number of carbonyl (C=O) groups excluding carboxylic acids is 1. The van der Waals surface area contributed by atoms with Crippen LogP contribution in [0, 0.1) is 5.92 Å². The molecule has 1 saturated carbocycles. The molecule has 4 rings (SSSR count). The Labute approximate surface area is 117 Å². The van der Waals surface area contributed by atoms with Crippen molar-refractivity contribution in [2.24, 2.45) is 5.92 Å². The lowest BCUT2D eigenvalue weighted by Gasteiger charge is -2.29. The summed E-state index contributed by atoms with van der Waals surface area (Å²) < 4.78 is 0. The third-order valence-electron chi connectivity index (χ3n) is 4.68. The Hall–Kier alpha value is -1.91. The minimum absolute atomic E-state index is 0.305. The molecule has 2 aromatic heterocycles. The number of aromatic amines is 1. The molecule has 5 nitrogen and oxygen atoms in total. The molecular formula is C15H18N4O. The fraction of sp³-hybridized carbons (Fsp3) is 0.533. The average molecular weight is 270 g/mol. The summed E-state index contributed by atoms with van der Waals surface area (Å²) in [5.41, 5.74) is 2.91. The van der Waals surface area contributed by atoms with Gasteiger partial charge in [-0.25, -0.2) is 4.98 Å². The van der Waals surface area contributed by atoms with Gasteiger partial charge in [0.05, 0.1) is 0 Å². The van der Waals surface area contributed by atoms with Gasteiger partial charge < -0.3 is 9.88 Å². The van der Waals surface area contributed by atoms with Crippen molar-refractivity contribution in [3.05, 3.63) is 24.2 Å². The molecule has 0 radical (unpaired) electrons. The van der Waals surface area contributed by atoms with Gasteiger partial charge in [0.15, 0.2) is 5.65 Å². The molecule has 3 heterocycles. The second-order valence-corrected chi connectivity index (χ2v) is 5.91. The topological polar surface area (TPSA) is 61.9 Å². The van der Waals surface area contributed by atoms with E-state index >= 15 is 0 Å². The molecule has 2 fully saturated rings.